The number of carbonyl (C=O) groups is 1. The fraction of sp³-hybridized carbons (Fsp3) is 0.296. The molecule has 1 aromatic heterocycles. The highest BCUT2D eigenvalue weighted by Gasteiger charge is 2.78. The van der Waals surface area contributed by atoms with Crippen molar-refractivity contribution < 1.29 is 24.5 Å². The van der Waals surface area contributed by atoms with E-state index in [-0.39, 0.29) is 17.4 Å². The van der Waals surface area contributed by atoms with Crippen molar-refractivity contribution in [3.05, 3.63) is 89.2 Å². The van der Waals surface area contributed by atoms with Crippen molar-refractivity contribution in [2.45, 2.75) is 23.2 Å². The van der Waals surface area contributed by atoms with Crippen molar-refractivity contribution in [3.63, 3.8) is 0 Å². The third-order valence-corrected chi connectivity index (χ3v) is 7.15. The fourth-order valence-electron chi connectivity index (χ4n) is 5.61. The SMILES string of the molecule is COc1cnc2c(c1)O[C@@]1(c3ccc(C#N)cc3)[C@H](c3ccccc3)[C@@H](C(=O)N(C)C)[C@@H](O)C21O. The highest BCUT2D eigenvalue weighted by molar-refractivity contribution is 5.82. The molecule has 1 aliphatic carbocycles. The first-order valence-electron chi connectivity index (χ1n) is 11.2. The minimum absolute atomic E-state index is 0.130. The van der Waals surface area contributed by atoms with Crippen LogP contribution in [0.3, 0.4) is 0 Å². The Bertz CT molecular complexity index is 1320. The minimum Gasteiger partial charge on any atom is -0.495 e. The van der Waals surface area contributed by atoms with E-state index >= 15 is 0 Å². The highest BCUT2D eigenvalue weighted by atomic mass is 16.5. The van der Waals surface area contributed by atoms with Crippen LogP contribution in [0.4, 0.5) is 0 Å². The summed E-state index contributed by atoms with van der Waals surface area (Å²) < 4.78 is 11.9. The van der Waals surface area contributed by atoms with Crippen molar-refractivity contribution in [1.29, 1.82) is 5.26 Å². The van der Waals surface area contributed by atoms with Gasteiger partial charge in [0.25, 0.3) is 0 Å². The number of amides is 1. The molecule has 1 amide bonds. The van der Waals surface area contributed by atoms with E-state index < -0.39 is 29.1 Å². The molecule has 0 radical (unpaired) electrons. The quantitative estimate of drug-likeness (QED) is 0.600. The summed E-state index contributed by atoms with van der Waals surface area (Å²) in [4.78, 5) is 19.3. The summed E-state index contributed by atoms with van der Waals surface area (Å²) in [5.41, 5.74) is -1.89. The second kappa shape index (κ2) is 8.08. The van der Waals surface area contributed by atoms with E-state index in [9.17, 15) is 20.3 Å². The van der Waals surface area contributed by atoms with E-state index in [1.807, 2.05) is 30.3 Å². The topological polar surface area (TPSA) is 116 Å². The second-order valence-electron chi connectivity index (χ2n) is 9.11. The lowest BCUT2D eigenvalue weighted by molar-refractivity contribution is -0.157. The van der Waals surface area contributed by atoms with Gasteiger partial charge in [0, 0.05) is 26.1 Å². The lowest BCUT2D eigenvalue weighted by Gasteiger charge is -2.40. The number of pyridine rings is 1. The van der Waals surface area contributed by atoms with Crippen molar-refractivity contribution in [2.75, 3.05) is 21.2 Å². The average molecular weight is 472 g/mol. The molecule has 5 atom stereocenters. The molecule has 0 saturated heterocycles. The number of nitrogens with zero attached hydrogens (tertiary/aromatic N) is 3. The number of rotatable bonds is 4. The molecule has 0 bridgehead atoms. The van der Waals surface area contributed by atoms with Crippen LogP contribution in [0, 0.1) is 17.2 Å². The molecule has 0 spiro atoms. The molecule has 8 nitrogen and oxygen atoms in total. The van der Waals surface area contributed by atoms with Gasteiger partial charge in [-0.15, -0.1) is 0 Å². The third kappa shape index (κ3) is 2.99. The summed E-state index contributed by atoms with van der Waals surface area (Å²) in [6, 6.07) is 19.6. The second-order valence-corrected chi connectivity index (χ2v) is 9.11. The summed E-state index contributed by atoms with van der Waals surface area (Å²) in [6.45, 7) is 0. The predicted molar refractivity (Wildman–Crippen MR) is 126 cm³/mol. The summed E-state index contributed by atoms with van der Waals surface area (Å²) in [5.74, 6) is -1.49. The van der Waals surface area contributed by atoms with Gasteiger partial charge < -0.3 is 24.6 Å². The lowest BCUT2D eigenvalue weighted by Crippen LogP contribution is -2.52. The number of benzene rings is 2. The standard InChI is InChI=1S/C27H25N3O5/c1-30(2)25(32)21-22(17-7-5-4-6-8-17)27(18-11-9-16(14-28)10-12-18)26(33,24(21)31)23-20(35-27)13-19(34-3)15-29-23/h4-13,15,21-22,24,31,33H,1-3H3/t21-,22-,24-,26?,27+/m1/s1. The number of hydrogen-bond donors (Lipinski definition) is 2. The molecule has 3 aromatic rings. The first-order chi connectivity index (χ1) is 16.8. The van der Waals surface area contributed by atoms with Crippen LogP contribution >= 0.6 is 0 Å². The molecule has 178 valence electrons. The molecule has 2 aliphatic rings. The number of aromatic nitrogens is 1. The van der Waals surface area contributed by atoms with Gasteiger partial charge in [-0.3, -0.25) is 9.78 Å². The number of aliphatic hydroxyl groups excluding tert-OH is 1. The van der Waals surface area contributed by atoms with Gasteiger partial charge >= 0.3 is 0 Å². The Kier molecular flexibility index (Phi) is 5.28. The van der Waals surface area contributed by atoms with E-state index in [1.165, 1.54) is 18.2 Å². The smallest absolute Gasteiger partial charge is 0.228 e. The van der Waals surface area contributed by atoms with Crippen LogP contribution in [-0.4, -0.2) is 53.3 Å². The molecule has 35 heavy (non-hydrogen) atoms. The molecule has 1 fully saturated rings. The lowest BCUT2D eigenvalue weighted by atomic mass is 9.71. The predicted octanol–water partition coefficient (Wildman–Crippen LogP) is 2.30. The number of aliphatic hydroxyl groups is 2. The molecule has 2 N–H and O–H groups in total. The number of ether oxygens (including phenoxy) is 2. The Labute approximate surface area is 203 Å². The Hall–Kier alpha value is -3.93. The van der Waals surface area contributed by atoms with Crippen LogP contribution in [-0.2, 0) is 16.0 Å². The van der Waals surface area contributed by atoms with Gasteiger partial charge in [-0.1, -0.05) is 42.5 Å². The van der Waals surface area contributed by atoms with Crippen molar-refractivity contribution in [1.82, 2.24) is 9.88 Å². The van der Waals surface area contributed by atoms with Crippen LogP contribution in [0.25, 0.3) is 0 Å². The van der Waals surface area contributed by atoms with E-state index in [4.69, 9.17) is 9.47 Å². The zero-order chi connectivity index (χ0) is 25.0. The first-order valence-corrected chi connectivity index (χ1v) is 11.2. The maximum atomic E-state index is 13.5. The van der Waals surface area contributed by atoms with Gasteiger partial charge in [-0.05, 0) is 23.3 Å². The van der Waals surface area contributed by atoms with Gasteiger partial charge in [0.2, 0.25) is 5.91 Å². The van der Waals surface area contributed by atoms with E-state index in [1.54, 1.807) is 44.4 Å². The number of hydrogen-bond acceptors (Lipinski definition) is 7. The van der Waals surface area contributed by atoms with Crippen molar-refractivity contribution in [3.8, 4) is 17.6 Å². The van der Waals surface area contributed by atoms with Crippen LogP contribution in [0.2, 0.25) is 0 Å². The zero-order valence-electron chi connectivity index (χ0n) is 19.5. The Balaban J connectivity index is 1.85. The van der Waals surface area contributed by atoms with Gasteiger partial charge in [0.15, 0.2) is 11.2 Å². The molecule has 5 rings (SSSR count). The zero-order valence-corrected chi connectivity index (χ0v) is 19.5. The highest BCUT2D eigenvalue weighted by Crippen LogP contribution is 2.68. The molecule has 8 heteroatoms. The monoisotopic (exact) mass is 471 g/mol. The Morgan fingerprint density at radius 2 is 1.86 bits per heavy atom. The maximum absolute atomic E-state index is 13.5. The van der Waals surface area contributed by atoms with E-state index in [0.717, 1.165) is 0 Å². The van der Waals surface area contributed by atoms with E-state index in [0.29, 0.717) is 22.4 Å². The molecular weight excluding hydrogens is 446 g/mol. The molecule has 1 aliphatic heterocycles. The number of nitriles is 1. The van der Waals surface area contributed by atoms with Gasteiger partial charge in [-0.2, -0.15) is 5.26 Å². The minimum atomic E-state index is -2.07. The summed E-state index contributed by atoms with van der Waals surface area (Å²) in [7, 11) is 4.72. The average Bonchev–Trinajstić information content (AvgIpc) is 3.26. The van der Waals surface area contributed by atoms with Gasteiger partial charge in [0.05, 0.1) is 30.9 Å². The Morgan fingerprint density at radius 3 is 2.46 bits per heavy atom. The summed E-state index contributed by atoms with van der Waals surface area (Å²) in [6.07, 6.45) is -0.0965. The number of carbonyl (C=O) groups excluding carboxylic acids is 1. The summed E-state index contributed by atoms with van der Waals surface area (Å²) in [5, 5.41) is 33.6. The maximum Gasteiger partial charge on any atom is 0.228 e. The number of fused-ring (bicyclic) bond motifs is 3. The van der Waals surface area contributed by atoms with Crippen LogP contribution < -0.4 is 9.47 Å². The number of methoxy groups -OCH3 is 1. The van der Waals surface area contributed by atoms with Crippen LogP contribution in [0.1, 0.15) is 28.3 Å². The third-order valence-electron chi connectivity index (χ3n) is 7.15. The molecular formula is C27H25N3O5. The summed E-state index contributed by atoms with van der Waals surface area (Å²) >= 11 is 0. The van der Waals surface area contributed by atoms with E-state index in [2.05, 4.69) is 11.1 Å². The Morgan fingerprint density at radius 1 is 1.17 bits per heavy atom. The normalized spacial score (nSPS) is 28.4. The van der Waals surface area contributed by atoms with Crippen molar-refractivity contribution >= 4 is 5.91 Å². The largest absolute Gasteiger partial charge is 0.495 e. The van der Waals surface area contributed by atoms with Gasteiger partial charge in [0.1, 0.15) is 23.3 Å². The van der Waals surface area contributed by atoms with Crippen LogP contribution in [0.5, 0.6) is 11.5 Å². The molecule has 1 unspecified atom stereocenters. The van der Waals surface area contributed by atoms with Gasteiger partial charge in [-0.25, -0.2) is 0 Å². The molecule has 2 aromatic carbocycles. The molecule has 2 heterocycles. The first kappa shape index (κ1) is 22.8. The molecule has 1 saturated carbocycles. The van der Waals surface area contributed by atoms with Crippen LogP contribution in [0.15, 0.2) is 66.9 Å². The fourth-order valence-corrected chi connectivity index (χ4v) is 5.61. The van der Waals surface area contributed by atoms with Crippen molar-refractivity contribution in [2.24, 2.45) is 5.92 Å².